The average Bonchev–Trinajstić information content (AvgIpc) is 2.85. The number of amides is 3. The highest BCUT2D eigenvalue weighted by atomic mass is 19.2. The zero-order valence-electron chi connectivity index (χ0n) is 18.9. The lowest BCUT2D eigenvalue weighted by Crippen LogP contribution is -2.41. The lowest BCUT2D eigenvalue weighted by atomic mass is 10.2. The minimum atomic E-state index is -1.76. The summed E-state index contributed by atoms with van der Waals surface area (Å²) in [6, 6.07) is 5.85. The zero-order chi connectivity index (χ0) is 26.1. The lowest BCUT2D eigenvalue weighted by molar-refractivity contribution is -0.153. The third kappa shape index (κ3) is 7.62. The van der Waals surface area contributed by atoms with Gasteiger partial charge < -0.3 is 30.2 Å². The number of nitrogens with one attached hydrogen (secondary N) is 3. The fourth-order valence-electron chi connectivity index (χ4n) is 2.61. The van der Waals surface area contributed by atoms with Crippen LogP contribution in [-0.2, 0) is 19.1 Å². The van der Waals surface area contributed by atoms with Gasteiger partial charge in [0.15, 0.2) is 23.6 Å². The van der Waals surface area contributed by atoms with Crippen molar-refractivity contribution in [1.29, 1.82) is 0 Å². The summed E-state index contributed by atoms with van der Waals surface area (Å²) in [5.41, 5.74) is -0.463. The van der Waals surface area contributed by atoms with E-state index < -0.39 is 66.0 Å². The Labute approximate surface area is 197 Å². The van der Waals surface area contributed by atoms with E-state index in [9.17, 15) is 32.3 Å². The molecule has 0 aliphatic rings. The quantitative estimate of drug-likeness (QED) is 0.335. The summed E-state index contributed by atoms with van der Waals surface area (Å²) >= 11 is 0. The summed E-state index contributed by atoms with van der Waals surface area (Å²) in [6.07, 6.45) is -1.34. The van der Waals surface area contributed by atoms with Crippen molar-refractivity contribution in [3.63, 3.8) is 0 Å². The molecule has 0 heterocycles. The first-order valence-corrected chi connectivity index (χ1v) is 9.97. The molecule has 0 aliphatic carbocycles. The molecule has 3 N–H and O–H groups in total. The largest absolute Gasteiger partial charge is 0.497 e. The fourth-order valence-corrected chi connectivity index (χ4v) is 2.61. The van der Waals surface area contributed by atoms with E-state index in [0.29, 0.717) is 17.6 Å². The van der Waals surface area contributed by atoms with Crippen LogP contribution in [0.25, 0.3) is 0 Å². The standard InChI is InChI=1S/C22H22F3N3O7/c1-11(21(31)26-9-17(29)28-16-5-4-15(23)19(24)20(16)25)35-18(30)10-27-22(32)12-6-13(33-2)8-14(7-12)34-3/h4-8,11H,9-10H2,1-3H3,(H,26,31)(H,27,32)(H,28,29). The van der Waals surface area contributed by atoms with Crippen molar-refractivity contribution in [3.8, 4) is 11.5 Å². The lowest BCUT2D eigenvalue weighted by Gasteiger charge is -2.14. The van der Waals surface area contributed by atoms with Gasteiger partial charge in [-0.15, -0.1) is 0 Å². The first kappa shape index (κ1) is 27.0. The van der Waals surface area contributed by atoms with Gasteiger partial charge in [0.1, 0.15) is 18.0 Å². The van der Waals surface area contributed by atoms with Crippen LogP contribution in [0.2, 0.25) is 0 Å². The zero-order valence-corrected chi connectivity index (χ0v) is 18.9. The number of ether oxygens (including phenoxy) is 3. The van der Waals surface area contributed by atoms with Crippen molar-refractivity contribution in [2.45, 2.75) is 13.0 Å². The molecule has 10 nitrogen and oxygen atoms in total. The number of halogens is 3. The van der Waals surface area contributed by atoms with E-state index in [1.807, 2.05) is 5.32 Å². The number of rotatable bonds is 10. The molecule has 13 heteroatoms. The highest BCUT2D eigenvalue weighted by Gasteiger charge is 2.20. The maximum absolute atomic E-state index is 13.6. The molecular weight excluding hydrogens is 475 g/mol. The van der Waals surface area contributed by atoms with Gasteiger partial charge in [-0.1, -0.05) is 0 Å². The van der Waals surface area contributed by atoms with Gasteiger partial charge in [-0.25, -0.2) is 13.2 Å². The Balaban J connectivity index is 1.80. The number of carbonyl (C=O) groups excluding carboxylic acids is 4. The first-order valence-electron chi connectivity index (χ1n) is 9.97. The van der Waals surface area contributed by atoms with E-state index >= 15 is 0 Å². The van der Waals surface area contributed by atoms with Crippen LogP contribution in [-0.4, -0.2) is 57.1 Å². The van der Waals surface area contributed by atoms with Gasteiger partial charge in [-0.3, -0.25) is 19.2 Å². The van der Waals surface area contributed by atoms with Crippen LogP contribution in [0.4, 0.5) is 18.9 Å². The van der Waals surface area contributed by atoms with Crippen molar-refractivity contribution in [2.24, 2.45) is 0 Å². The molecule has 0 saturated carbocycles. The van der Waals surface area contributed by atoms with Crippen LogP contribution in [0.3, 0.4) is 0 Å². The van der Waals surface area contributed by atoms with Gasteiger partial charge in [0.25, 0.3) is 11.8 Å². The van der Waals surface area contributed by atoms with E-state index in [-0.39, 0.29) is 5.56 Å². The fraction of sp³-hybridized carbons (Fsp3) is 0.273. The second-order valence-electron chi connectivity index (χ2n) is 6.90. The molecule has 0 spiro atoms. The number of benzene rings is 2. The minimum absolute atomic E-state index is 0.156. The Kier molecular flexibility index (Phi) is 9.44. The number of anilines is 1. The normalized spacial score (nSPS) is 11.1. The highest BCUT2D eigenvalue weighted by Crippen LogP contribution is 2.22. The molecule has 0 aliphatic heterocycles. The molecule has 35 heavy (non-hydrogen) atoms. The summed E-state index contributed by atoms with van der Waals surface area (Å²) in [7, 11) is 2.82. The van der Waals surface area contributed by atoms with Crippen molar-refractivity contribution in [2.75, 3.05) is 32.6 Å². The second kappa shape index (κ2) is 12.3. The smallest absolute Gasteiger partial charge is 0.326 e. The SMILES string of the molecule is COc1cc(OC)cc(C(=O)NCC(=O)OC(C)C(=O)NCC(=O)Nc2ccc(F)c(F)c2F)c1. The summed E-state index contributed by atoms with van der Waals surface area (Å²) < 4.78 is 54.7. The predicted molar refractivity (Wildman–Crippen MR) is 115 cm³/mol. The maximum Gasteiger partial charge on any atom is 0.326 e. The topological polar surface area (TPSA) is 132 Å². The number of hydrogen-bond donors (Lipinski definition) is 3. The van der Waals surface area contributed by atoms with Crippen LogP contribution in [0, 0.1) is 17.5 Å². The molecule has 0 saturated heterocycles. The average molecular weight is 497 g/mol. The Morgan fingerprint density at radius 2 is 1.51 bits per heavy atom. The maximum atomic E-state index is 13.6. The third-order valence-corrected chi connectivity index (χ3v) is 4.42. The molecule has 2 aromatic carbocycles. The van der Waals surface area contributed by atoms with E-state index in [0.717, 1.165) is 6.07 Å². The second-order valence-corrected chi connectivity index (χ2v) is 6.90. The first-order chi connectivity index (χ1) is 16.5. The Bertz CT molecular complexity index is 1110. The van der Waals surface area contributed by atoms with Crippen molar-refractivity contribution < 1.29 is 46.6 Å². The summed E-state index contributed by atoms with van der Waals surface area (Å²) in [5, 5.41) is 6.43. The van der Waals surface area contributed by atoms with Crippen molar-refractivity contribution in [3.05, 3.63) is 53.3 Å². The molecule has 3 amide bonds. The van der Waals surface area contributed by atoms with E-state index in [2.05, 4.69) is 10.6 Å². The number of hydrogen-bond acceptors (Lipinski definition) is 7. The van der Waals surface area contributed by atoms with Gasteiger partial charge in [0.05, 0.1) is 26.5 Å². The molecule has 1 atom stereocenters. The molecular formula is C22H22F3N3O7. The van der Waals surface area contributed by atoms with Gasteiger partial charge >= 0.3 is 5.97 Å². The Hall–Kier alpha value is -4.29. The predicted octanol–water partition coefficient (Wildman–Crippen LogP) is 1.54. The summed E-state index contributed by atoms with van der Waals surface area (Å²) in [4.78, 5) is 48.1. The van der Waals surface area contributed by atoms with Gasteiger partial charge in [-0.2, -0.15) is 0 Å². The summed E-state index contributed by atoms with van der Waals surface area (Å²) in [5.74, 6) is -7.44. The highest BCUT2D eigenvalue weighted by molar-refractivity contribution is 5.97. The Morgan fingerprint density at radius 1 is 0.886 bits per heavy atom. The molecule has 0 fully saturated rings. The van der Waals surface area contributed by atoms with Crippen LogP contribution in [0.1, 0.15) is 17.3 Å². The molecule has 1 unspecified atom stereocenters. The monoisotopic (exact) mass is 497 g/mol. The van der Waals surface area contributed by atoms with E-state index in [1.165, 1.54) is 33.3 Å². The van der Waals surface area contributed by atoms with Crippen LogP contribution in [0.15, 0.2) is 30.3 Å². The van der Waals surface area contributed by atoms with Gasteiger partial charge in [0.2, 0.25) is 5.91 Å². The molecule has 188 valence electrons. The number of methoxy groups -OCH3 is 2. The molecule has 0 radical (unpaired) electrons. The van der Waals surface area contributed by atoms with Gasteiger partial charge in [0, 0.05) is 11.6 Å². The van der Waals surface area contributed by atoms with Crippen molar-refractivity contribution in [1.82, 2.24) is 10.6 Å². The van der Waals surface area contributed by atoms with E-state index in [1.54, 1.807) is 6.07 Å². The third-order valence-electron chi connectivity index (χ3n) is 4.42. The minimum Gasteiger partial charge on any atom is -0.497 e. The van der Waals surface area contributed by atoms with Crippen LogP contribution in [0.5, 0.6) is 11.5 Å². The van der Waals surface area contributed by atoms with Gasteiger partial charge in [-0.05, 0) is 31.2 Å². The van der Waals surface area contributed by atoms with Crippen LogP contribution < -0.4 is 25.4 Å². The molecule has 0 aromatic heterocycles. The molecule has 2 rings (SSSR count). The van der Waals surface area contributed by atoms with Crippen LogP contribution >= 0.6 is 0 Å². The number of esters is 1. The Morgan fingerprint density at radius 3 is 2.11 bits per heavy atom. The summed E-state index contributed by atoms with van der Waals surface area (Å²) in [6.45, 7) is -0.0195. The number of carbonyl (C=O) groups is 4. The molecule has 2 aromatic rings. The van der Waals surface area contributed by atoms with E-state index in [4.69, 9.17) is 14.2 Å². The van der Waals surface area contributed by atoms with Crippen molar-refractivity contribution >= 4 is 29.4 Å². The molecule has 0 bridgehead atoms.